The third kappa shape index (κ3) is 9.66. The second-order valence-electron chi connectivity index (χ2n) is 8.06. The van der Waals surface area contributed by atoms with Gasteiger partial charge < -0.3 is 19.7 Å². The van der Waals surface area contributed by atoms with Crippen molar-refractivity contribution in [2.45, 2.75) is 57.9 Å². The van der Waals surface area contributed by atoms with Crippen LogP contribution in [0.25, 0.3) is 0 Å². The van der Waals surface area contributed by atoms with E-state index in [-0.39, 0.29) is 12.1 Å². The van der Waals surface area contributed by atoms with Gasteiger partial charge in [0, 0.05) is 25.2 Å². The fourth-order valence-electron chi connectivity index (χ4n) is 3.71. The molecule has 0 heterocycles. The Balaban J connectivity index is 1.90. The van der Waals surface area contributed by atoms with Crippen molar-refractivity contribution in [1.82, 2.24) is 5.32 Å². The molecular formula is C25H37BrNO4P. The Kier molecular flexibility index (Phi) is 13.0. The lowest BCUT2D eigenvalue weighted by molar-refractivity contribution is 0.282. The number of rotatable bonds is 16. The predicted molar refractivity (Wildman–Crippen MR) is 137 cm³/mol. The molecule has 0 fully saturated rings. The third-order valence-corrected chi connectivity index (χ3v) is 6.88. The van der Waals surface area contributed by atoms with Crippen LogP contribution in [0.3, 0.4) is 0 Å². The Bertz CT molecular complexity index is 819. The van der Waals surface area contributed by atoms with E-state index in [0.29, 0.717) is 25.4 Å². The molecule has 2 aromatic rings. The predicted octanol–water partition coefficient (Wildman–Crippen LogP) is 6.54. The summed E-state index contributed by atoms with van der Waals surface area (Å²) in [6.07, 6.45) is 7.63. The average Bonchev–Trinajstić information content (AvgIpc) is 2.79. The molecule has 178 valence electrons. The molecule has 2 atom stereocenters. The van der Waals surface area contributed by atoms with Crippen LogP contribution in [0.2, 0.25) is 0 Å². The van der Waals surface area contributed by atoms with Gasteiger partial charge in [0.2, 0.25) is 0 Å². The zero-order valence-electron chi connectivity index (χ0n) is 19.2. The second-order valence-corrected chi connectivity index (χ2v) is 10.1. The number of hydrogen-bond donors (Lipinski definition) is 2. The summed E-state index contributed by atoms with van der Waals surface area (Å²) in [6, 6.07) is 13.9. The molecular weight excluding hydrogens is 489 g/mol. The van der Waals surface area contributed by atoms with Crippen LogP contribution in [0.15, 0.2) is 46.9 Å². The topological polar surface area (TPSA) is 67.8 Å². The van der Waals surface area contributed by atoms with Gasteiger partial charge in [-0.2, -0.15) is 0 Å². The summed E-state index contributed by atoms with van der Waals surface area (Å²) in [5.74, 6) is 1.45. The molecule has 5 nitrogen and oxygen atoms in total. The number of unbranched alkanes of at least 4 members (excludes halogenated alkanes) is 5. The van der Waals surface area contributed by atoms with Gasteiger partial charge in [0.25, 0.3) is 0 Å². The molecule has 0 aliphatic carbocycles. The average molecular weight is 526 g/mol. The van der Waals surface area contributed by atoms with E-state index in [1.807, 2.05) is 42.5 Å². The van der Waals surface area contributed by atoms with Gasteiger partial charge in [0.1, 0.15) is 0 Å². The van der Waals surface area contributed by atoms with Gasteiger partial charge in [-0.05, 0) is 45.6 Å². The van der Waals surface area contributed by atoms with Crippen LogP contribution >= 0.6 is 24.0 Å². The Morgan fingerprint density at radius 1 is 1.09 bits per heavy atom. The maximum absolute atomic E-state index is 11.5. The lowest BCUT2D eigenvalue weighted by atomic mass is 10.0. The Hall–Kier alpha value is -1.33. The summed E-state index contributed by atoms with van der Waals surface area (Å²) in [5.41, 5.74) is 2.13. The van der Waals surface area contributed by atoms with E-state index in [1.165, 1.54) is 32.1 Å². The minimum absolute atomic E-state index is 0.00198. The van der Waals surface area contributed by atoms with Crippen LogP contribution in [-0.4, -0.2) is 31.3 Å². The molecule has 0 aliphatic heterocycles. The SMILES string of the molecule is CCCCCCCCOc1c(Br)cc(CNCC(C[PH](=O)O)c2ccccc2)cc1OC. The molecule has 0 radical (unpaired) electrons. The fraction of sp³-hybridized carbons (Fsp3) is 0.520. The van der Waals surface area contributed by atoms with E-state index in [1.54, 1.807) is 7.11 Å². The van der Waals surface area contributed by atoms with Gasteiger partial charge in [0.15, 0.2) is 19.5 Å². The highest BCUT2D eigenvalue weighted by atomic mass is 79.9. The van der Waals surface area contributed by atoms with Crippen molar-refractivity contribution in [2.75, 3.05) is 26.4 Å². The molecule has 0 aromatic heterocycles. The fourth-order valence-corrected chi connectivity index (χ4v) is 5.11. The number of ether oxygens (including phenoxy) is 2. The zero-order chi connectivity index (χ0) is 23.2. The first kappa shape index (κ1) is 26.9. The molecule has 7 heteroatoms. The summed E-state index contributed by atoms with van der Waals surface area (Å²) in [7, 11) is -0.895. The van der Waals surface area contributed by atoms with Gasteiger partial charge >= 0.3 is 0 Å². The van der Waals surface area contributed by atoms with Crippen LogP contribution in [0, 0.1) is 0 Å². The third-order valence-electron chi connectivity index (χ3n) is 5.45. The first-order valence-electron chi connectivity index (χ1n) is 11.5. The molecule has 32 heavy (non-hydrogen) atoms. The molecule has 0 saturated carbocycles. The quantitative estimate of drug-likeness (QED) is 0.192. The molecule has 2 rings (SSSR count). The molecule has 0 amide bonds. The summed E-state index contributed by atoms with van der Waals surface area (Å²) in [5, 5.41) is 3.43. The van der Waals surface area contributed by atoms with Crippen molar-refractivity contribution in [2.24, 2.45) is 0 Å². The minimum atomic E-state index is -2.55. The minimum Gasteiger partial charge on any atom is -0.493 e. The highest BCUT2D eigenvalue weighted by Crippen LogP contribution is 2.37. The number of nitrogens with one attached hydrogen (secondary N) is 1. The molecule has 0 aliphatic rings. The van der Waals surface area contributed by atoms with Gasteiger partial charge in [-0.1, -0.05) is 69.4 Å². The maximum atomic E-state index is 11.5. The molecule has 2 aromatic carbocycles. The molecule has 0 saturated heterocycles. The normalized spacial score (nSPS) is 13.0. The van der Waals surface area contributed by atoms with Gasteiger partial charge in [-0.15, -0.1) is 0 Å². The zero-order valence-corrected chi connectivity index (χ0v) is 21.8. The van der Waals surface area contributed by atoms with E-state index < -0.39 is 8.03 Å². The number of methoxy groups -OCH3 is 1. The summed E-state index contributed by atoms with van der Waals surface area (Å²) >= 11 is 3.63. The highest BCUT2D eigenvalue weighted by molar-refractivity contribution is 9.10. The molecule has 0 spiro atoms. The van der Waals surface area contributed by atoms with E-state index in [0.717, 1.165) is 27.8 Å². The van der Waals surface area contributed by atoms with Crippen LogP contribution in [0.1, 0.15) is 62.5 Å². The standard InChI is InChI=1S/C25H37BrNO4P/c1-3-4-5-6-7-11-14-31-25-23(26)15-20(16-24(25)30-2)17-27-18-22(19-32(28)29)21-12-9-8-10-13-21/h8-10,12-13,15-16,22,27,32H,3-7,11,14,17-19H2,1-2H3,(H,28,29). The Morgan fingerprint density at radius 3 is 2.50 bits per heavy atom. The first-order chi connectivity index (χ1) is 15.5. The largest absolute Gasteiger partial charge is 0.493 e. The van der Waals surface area contributed by atoms with Gasteiger partial charge in [-0.3, -0.25) is 4.57 Å². The van der Waals surface area contributed by atoms with Crippen LogP contribution in [-0.2, 0) is 11.1 Å². The van der Waals surface area contributed by atoms with Crippen LogP contribution < -0.4 is 14.8 Å². The number of benzene rings is 2. The molecule has 0 bridgehead atoms. The van der Waals surface area contributed by atoms with Crippen molar-refractivity contribution in [3.05, 3.63) is 58.1 Å². The smallest absolute Gasteiger partial charge is 0.189 e. The van der Waals surface area contributed by atoms with Crippen molar-refractivity contribution in [3.8, 4) is 11.5 Å². The van der Waals surface area contributed by atoms with E-state index in [9.17, 15) is 9.46 Å². The van der Waals surface area contributed by atoms with E-state index >= 15 is 0 Å². The van der Waals surface area contributed by atoms with Crippen molar-refractivity contribution in [1.29, 1.82) is 0 Å². The maximum Gasteiger partial charge on any atom is 0.189 e. The number of halogens is 1. The lowest BCUT2D eigenvalue weighted by Crippen LogP contribution is -2.22. The Morgan fingerprint density at radius 2 is 1.81 bits per heavy atom. The van der Waals surface area contributed by atoms with Crippen molar-refractivity contribution >= 4 is 24.0 Å². The summed E-state index contributed by atoms with van der Waals surface area (Å²) in [4.78, 5) is 9.46. The van der Waals surface area contributed by atoms with Gasteiger partial charge in [-0.25, -0.2) is 0 Å². The second kappa shape index (κ2) is 15.5. The van der Waals surface area contributed by atoms with Crippen LogP contribution in [0.5, 0.6) is 11.5 Å². The lowest BCUT2D eigenvalue weighted by Gasteiger charge is -2.18. The first-order valence-corrected chi connectivity index (χ1v) is 13.9. The summed E-state index contributed by atoms with van der Waals surface area (Å²) < 4.78 is 23.9. The van der Waals surface area contributed by atoms with Crippen molar-refractivity contribution < 1.29 is 18.9 Å². The monoisotopic (exact) mass is 525 g/mol. The van der Waals surface area contributed by atoms with Crippen molar-refractivity contribution in [3.63, 3.8) is 0 Å². The number of hydrogen-bond acceptors (Lipinski definition) is 4. The Labute approximate surface area is 201 Å². The van der Waals surface area contributed by atoms with E-state index in [2.05, 4.69) is 28.2 Å². The molecule has 2 unspecified atom stereocenters. The molecule has 2 N–H and O–H groups in total. The summed E-state index contributed by atoms with van der Waals surface area (Å²) in [6.45, 7) is 4.16. The van der Waals surface area contributed by atoms with E-state index in [4.69, 9.17) is 9.47 Å². The van der Waals surface area contributed by atoms with Crippen LogP contribution in [0.4, 0.5) is 0 Å². The van der Waals surface area contributed by atoms with Gasteiger partial charge in [0.05, 0.1) is 18.2 Å². The highest BCUT2D eigenvalue weighted by Gasteiger charge is 2.15.